The van der Waals surface area contributed by atoms with Crippen LogP contribution in [0.5, 0.6) is 0 Å². The first-order chi connectivity index (χ1) is 12.8. The lowest BCUT2D eigenvalue weighted by molar-refractivity contribution is -0.142. The first-order valence-electron chi connectivity index (χ1n) is 8.11. The summed E-state index contributed by atoms with van der Waals surface area (Å²) in [5.74, 6) is -0.345. The Labute approximate surface area is 158 Å². The lowest BCUT2D eigenvalue weighted by atomic mass is 10.2. The number of rotatable bonds is 4. The zero-order chi connectivity index (χ0) is 19.6. The van der Waals surface area contributed by atoms with E-state index in [0.29, 0.717) is 28.4 Å². The van der Waals surface area contributed by atoms with Crippen molar-refractivity contribution >= 4 is 23.2 Å². The van der Waals surface area contributed by atoms with Gasteiger partial charge in [0.15, 0.2) is 0 Å². The van der Waals surface area contributed by atoms with Gasteiger partial charge in [-0.25, -0.2) is 4.68 Å². The summed E-state index contributed by atoms with van der Waals surface area (Å²) in [5, 5.41) is 7.21. The number of alkyl halides is 3. The Morgan fingerprint density at radius 3 is 2.30 bits per heavy atom. The minimum absolute atomic E-state index is 0.256. The van der Waals surface area contributed by atoms with E-state index in [-0.39, 0.29) is 11.6 Å². The number of carbonyl (C=O) groups excluding carboxylic acids is 1. The average molecular weight is 394 g/mol. The molecule has 1 aromatic heterocycles. The minimum Gasteiger partial charge on any atom is -0.322 e. The van der Waals surface area contributed by atoms with Gasteiger partial charge in [-0.3, -0.25) is 4.79 Å². The van der Waals surface area contributed by atoms with Crippen molar-refractivity contribution in [3.8, 4) is 5.69 Å². The molecular weight excluding hydrogens is 379 g/mol. The molecule has 0 bridgehead atoms. The van der Waals surface area contributed by atoms with E-state index in [0.717, 1.165) is 10.7 Å². The van der Waals surface area contributed by atoms with Crippen molar-refractivity contribution in [2.24, 2.45) is 0 Å². The highest BCUT2D eigenvalue weighted by Gasteiger charge is 2.36. The SMILES string of the molecule is CCc1cc(C(F)(F)F)n(-c2ccc(NC(=O)c3ccc(Cl)cc3)cc2)n1. The summed E-state index contributed by atoms with van der Waals surface area (Å²) in [5.41, 5.74) is 0.642. The molecule has 1 N–H and O–H groups in total. The van der Waals surface area contributed by atoms with Gasteiger partial charge in [0, 0.05) is 16.3 Å². The zero-order valence-electron chi connectivity index (χ0n) is 14.2. The number of nitrogens with zero attached hydrogens (tertiary/aromatic N) is 2. The molecule has 0 spiro atoms. The van der Waals surface area contributed by atoms with E-state index in [1.54, 1.807) is 31.2 Å². The zero-order valence-corrected chi connectivity index (χ0v) is 15.0. The van der Waals surface area contributed by atoms with Gasteiger partial charge in [-0.2, -0.15) is 18.3 Å². The first-order valence-corrected chi connectivity index (χ1v) is 8.49. The Morgan fingerprint density at radius 2 is 1.74 bits per heavy atom. The van der Waals surface area contributed by atoms with E-state index < -0.39 is 11.9 Å². The van der Waals surface area contributed by atoms with Crippen LogP contribution in [-0.2, 0) is 12.6 Å². The molecule has 0 unspecified atom stereocenters. The van der Waals surface area contributed by atoms with Crippen LogP contribution in [0.3, 0.4) is 0 Å². The van der Waals surface area contributed by atoms with Gasteiger partial charge in [-0.15, -0.1) is 0 Å². The standard InChI is InChI=1S/C19H15ClF3N3O/c1-2-14-11-17(19(21,22)23)26(25-14)16-9-7-15(8-10-16)24-18(27)12-3-5-13(20)6-4-12/h3-11H,2H2,1H3,(H,24,27). The first kappa shape index (κ1) is 19.0. The summed E-state index contributed by atoms with van der Waals surface area (Å²) in [6.07, 6.45) is -4.12. The molecule has 0 aliphatic carbocycles. The Kier molecular flexibility index (Phi) is 5.23. The van der Waals surface area contributed by atoms with Gasteiger partial charge in [0.1, 0.15) is 5.69 Å². The van der Waals surface area contributed by atoms with E-state index >= 15 is 0 Å². The minimum atomic E-state index is -4.51. The molecule has 3 rings (SSSR count). The van der Waals surface area contributed by atoms with Crippen LogP contribution in [0.2, 0.25) is 5.02 Å². The molecule has 140 valence electrons. The van der Waals surface area contributed by atoms with E-state index in [2.05, 4.69) is 10.4 Å². The maximum atomic E-state index is 13.2. The number of halogens is 4. The fourth-order valence-corrected chi connectivity index (χ4v) is 2.62. The topological polar surface area (TPSA) is 46.9 Å². The summed E-state index contributed by atoms with van der Waals surface area (Å²) in [7, 11) is 0. The highest BCUT2D eigenvalue weighted by atomic mass is 35.5. The van der Waals surface area contributed by atoms with Gasteiger partial charge >= 0.3 is 6.18 Å². The largest absolute Gasteiger partial charge is 0.433 e. The van der Waals surface area contributed by atoms with Gasteiger partial charge in [0.2, 0.25) is 0 Å². The monoisotopic (exact) mass is 393 g/mol. The van der Waals surface area contributed by atoms with E-state index in [9.17, 15) is 18.0 Å². The average Bonchev–Trinajstić information content (AvgIpc) is 3.08. The predicted molar refractivity (Wildman–Crippen MR) is 97.3 cm³/mol. The van der Waals surface area contributed by atoms with Crippen LogP contribution < -0.4 is 5.32 Å². The van der Waals surface area contributed by atoms with Gasteiger partial charge < -0.3 is 5.32 Å². The summed E-state index contributed by atoms with van der Waals surface area (Å²) in [4.78, 5) is 12.2. The Morgan fingerprint density at radius 1 is 1.11 bits per heavy atom. The second kappa shape index (κ2) is 7.44. The maximum absolute atomic E-state index is 13.2. The molecule has 0 atom stereocenters. The number of benzene rings is 2. The Hall–Kier alpha value is -2.80. The van der Waals surface area contributed by atoms with Gasteiger partial charge in [0.25, 0.3) is 5.91 Å². The highest BCUT2D eigenvalue weighted by Crippen LogP contribution is 2.32. The maximum Gasteiger partial charge on any atom is 0.433 e. The van der Waals surface area contributed by atoms with Crippen LogP contribution in [0.4, 0.5) is 18.9 Å². The fraction of sp³-hybridized carbons (Fsp3) is 0.158. The quantitative estimate of drug-likeness (QED) is 0.648. The third-order valence-electron chi connectivity index (χ3n) is 3.89. The van der Waals surface area contributed by atoms with Crippen molar-refractivity contribution in [2.75, 3.05) is 5.32 Å². The third kappa shape index (κ3) is 4.31. The number of amides is 1. The third-order valence-corrected chi connectivity index (χ3v) is 4.14. The van der Waals surface area contributed by atoms with Gasteiger partial charge in [0.05, 0.1) is 11.4 Å². The molecule has 0 radical (unpaired) electrons. The fourth-order valence-electron chi connectivity index (χ4n) is 2.49. The molecule has 8 heteroatoms. The second-order valence-electron chi connectivity index (χ2n) is 5.79. The lowest BCUT2D eigenvalue weighted by Gasteiger charge is -2.11. The number of hydrogen-bond acceptors (Lipinski definition) is 2. The molecule has 3 aromatic rings. The molecule has 0 fully saturated rings. The van der Waals surface area contributed by atoms with Gasteiger partial charge in [-0.05, 0) is 61.0 Å². The number of aromatic nitrogens is 2. The van der Waals surface area contributed by atoms with Crippen LogP contribution in [-0.4, -0.2) is 15.7 Å². The molecule has 0 aliphatic rings. The molecule has 2 aromatic carbocycles. The van der Waals surface area contributed by atoms with Crippen LogP contribution >= 0.6 is 11.6 Å². The van der Waals surface area contributed by atoms with Crippen LogP contribution in [0.25, 0.3) is 5.69 Å². The number of nitrogens with one attached hydrogen (secondary N) is 1. The predicted octanol–water partition coefficient (Wildman–Crippen LogP) is 5.36. The number of carbonyl (C=O) groups is 1. The number of anilines is 1. The summed E-state index contributed by atoms with van der Waals surface area (Å²) in [6, 6.07) is 13.4. The molecular formula is C19H15ClF3N3O. The van der Waals surface area contributed by atoms with Crippen molar-refractivity contribution in [1.82, 2.24) is 9.78 Å². The molecule has 0 saturated heterocycles. The number of aryl methyl sites for hydroxylation is 1. The van der Waals surface area contributed by atoms with Crippen molar-refractivity contribution in [1.29, 1.82) is 0 Å². The van der Waals surface area contributed by atoms with Crippen molar-refractivity contribution in [2.45, 2.75) is 19.5 Å². The Balaban J connectivity index is 1.83. The molecule has 27 heavy (non-hydrogen) atoms. The second-order valence-corrected chi connectivity index (χ2v) is 6.23. The Bertz CT molecular complexity index is 948. The summed E-state index contributed by atoms with van der Waals surface area (Å²) < 4.78 is 40.5. The summed E-state index contributed by atoms with van der Waals surface area (Å²) in [6.45, 7) is 1.74. The summed E-state index contributed by atoms with van der Waals surface area (Å²) >= 11 is 5.79. The smallest absolute Gasteiger partial charge is 0.322 e. The van der Waals surface area contributed by atoms with Crippen LogP contribution in [0, 0.1) is 0 Å². The van der Waals surface area contributed by atoms with Crippen LogP contribution in [0.1, 0.15) is 28.7 Å². The van der Waals surface area contributed by atoms with Crippen molar-refractivity contribution in [3.63, 3.8) is 0 Å². The van der Waals surface area contributed by atoms with Crippen molar-refractivity contribution in [3.05, 3.63) is 76.6 Å². The van der Waals surface area contributed by atoms with Crippen molar-refractivity contribution < 1.29 is 18.0 Å². The normalized spacial score (nSPS) is 11.4. The molecule has 1 amide bonds. The molecule has 0 saturated carbocycles. The highest BCUT2D eigenvalue weighted by molar-refractivity contribution is 6.30. The van der Waals surface area contributed by atoms with Gasteiger partial charge in [-0.1, -0.05) is 18.5 Å². The molecule has 1 heterocycles. The lowest BCUT2D eigenvalue weighted by Crippen LogP contribution is -2.14. The molecule has 0 aliphatic heterocycles. The van der Waals surface area contributed by atoms with E-state index in [4.69, 9.17) is 11.6 Å². The van der Waals surface area contributed by atoms with E-state index in [1.807, 2.05) is 0 Å². The van der Waals surface area contributed by atoms with E-state index in [1.165, 1.54) is 24.3 Å². The number of hydrogen-bond donors (Lipinski definition) is 1. The van der Waals surface area contributed by atoms with Crippen LogP contribution in [0.15, 0.2) is 54.6 Å². The molecule has 4 nitrogen and oxygen atoms in total.